The molecule has 0 spiro atoms. The zero-order valence-electron chi connectivity index (χ0n) is 12.0. The standard InChI is InChI=1S/C15H17ClFN5/c16-14-13(9-19-21-15(14)20-18)22-7-5-11(6-8-22)10-1-3-12(17)4-2-10/h1-4,9,11H,5-8,18H2,(H,20,21). The van der Waals surface area contributed by atoms with Crippen molar-refractivity contribution < 1.29 is 4.39 Å². The molecular weight excluding hydrogens is 305 g/mol. The predicted molar refractivity (Wildman–Crippen MR) is 85.4 cm³/mol. The van der Waals surface area contributed by atoms with Gasteiger partial charge in [-0.3, -0.25) is 0 Å². The number of nitrogens with two attached hydrogens (primary N) is 1. The van der Waals surface area contributed by atoms with E-state index in [1.54, 1.807) is 6.20 Å². The molecule has 2 heterocycles. The molecule has 0 radical (unpaired) electrons. The number of rotatable bonds is 3. The molecule has 1 fully saturated rings. The van der Waals surface area contributed by atoms with Crippen molar-refractivity contribution in [1.82, 2.24) is 10.2 Å². The first-order valence-electron chi connectivity index (χ1n) is 7.17. The van der Waals surface area contributed by atoms with Crippen molar-refractivity contribution in [3.63, 3.8) is 0 Å². The van der Waals surface area contributed by atoms with E-state index in [1.165, 1.54) is 17.7 Å². The number of benzene rings is 1. The third kappa shape index (κ3) is 2.98. The molecule has 0 aliphatic carbocycles. The Balaban J connectivity index is 1.70. The minimum Gasteiger partial charge on any atom is -0.369 e. The molecule has 1 aliphatic heterocycles. The van der Waals surface area contributed by atoms with Gasteiger partial charge in [-0.1, -0.05) is 23.7 Å². The van der Waals surface area contributed by atoms with E-state index >= 15 is 0 Å². The Morgan fingerprint density at radius 2 is 1.91 bits per heavy atom. The van der Waals surface area contributed by atoms with Gasteiger partial charge in [0.25, 0.3) is 0 Å². The van der Waals surface area contributed by atoms with Gasteiger partial charge in [-0.05, 0) is 36.5 Å². The fourth-order valence-corrected chi connectivity index (χ4v) is 3.13. The maximum atomic E-state index is 13.0. The summed E-state index contributed by atoms with van der Waals surface area (Å²) in [5.41, 5.74) is 4.47. The highest BCUT2D eigenvalue weighted by atomic mass is 35.5. The predicted octanol–water partition coefficient (Wildman–Crippen LogP) is 2.94. The zero-order valence-corrected chi connectivity index (χ0v) is 12.7. The van der Waals surface area contributed by atoms with Gasteiger partial charge in [0.2, 0.25) is 0 Å². The Labute approximate surface area is 133 Å². The molecule has 116 valence electrons. The minimum absolute atomic E-state index is 0.197. The van der Waals surface area contributed by atoms with Gasteiger partial charge in [0.15, 0.2) is 5.82 Å². The van der Waals surface area contributed by atoms with E-state index in [4.69, 9.17) is 17.4 Å². The molecule has 0 amide bonds. The number of hydrazine groups is 1. The summed E-state index contributed by atoms with van der Waals surface area (Å²) >= 11 is 6.28. The largest absolute Gasteiger partial charge is 0.369 e. The lowest BCUT2D eigenvalue weighted by atomic mass is 9.89. The van der Waals surface area contributed by atoms with Gasteiger partial charge in [0.05, 0.1) is 11.9 Å². The highest BCUT2D eigenvalue weighted by molar-refractivity contribution is 6.35. The van der Waals surface area contributed by atoms with Gasteiger partial charge in [-0.25, -0.2) is 10.2 Å². The maximum absolute atomic E-state index is 13.0. The van der Waals surface area contributed by atoms with Gasteiger partial charge < -0.3 is 10.3 Å². The number of nitrogens with one attached hydrogen (secondary N) is 1. The smallest absolute Gasteiger partial charge is 0.183 e. The van der Waals surface area contributed by atoms with Crippen LogP contribution in [0.4, 0.5) is 15.9 Å². The number of piperidine rings is 1. The molecule has 1 aromatic heterocycles. The first-order chi connectivity index (χ1) is 10.7. The van der Waals surface area contributed by atoms with Crippen LogP contribution in [0.2, 0.25) is 5.02 Å². The van der Waals surface area contributed by atoms with Crippen molar-refractivity contribution in [3.05, 3.63) is 46.9 Å². The number of hydrogen-bond donors (Lipinski definition) is 2. The summed E-state index contributed by atoms with van der Waals surface area (Å²) in [7, 11) is 0. The molecule has 5 nitrogen and oxygen atoms in total. The number of aromatic nitrogens is 2. The Morgan fingerprint density at radius 1 is 1.23 bits per heavy atom. The van der Waals surface area contributed by atoms with Gasteiger partial charge in [0, 0.05) is 13.1 Å². The minimum atomic E-state index is -0.197. The Hall–Kier alpha value is -1.92. The molecule has 0 unspecified atom stereocenters. The van der Waals surface area contributed by atoms with Crippen molar-refractivity contribution in [2.24, 2.45) is 5.84 Å². The molecule has 0 saturated carbocycles. The molecule has 3 rings (SSSR count). The van der Waals surface area contributed by atoms with Crippen LogP contribution in [-0.4, -0.2) is 23.3 Å². The van der Waals surface area contributed by atoms with Crippen molar-refractivity contribution in [3.8, 4) is 0 Å². The second kappa shape index (κ2) is 6.46. The van der Waals surface area contributed by atoms with E-state index in [9.17, 15) is 4.39 Å². The molecule has 3 N–H and O–H groups in total. The van der Waals surface area contributed by atoms with Crippen molar-refractivity contribution in [1.29, 1.82) is 0 Å². The fourth-order valence-electron chi connectivity index (χ4n) is 2.86. The Morgan fingerprint density at radius 3 is 2.55 bits per heavy atom. The van der Waals surface area contributed by atoms with Crippen LogP contribution in [0, 0.1) is 5.82 Å². The van der Waals surface area contributed by atoms with Crippen LogP contribution in [-0.2, 0) is 0 Å². The van der Waals surface area contributed by atoms with E-state index in [-0.39, 0.29) is 5.82 Å². The van der Waals surface area contributed by atoms with Crippen LogP contribution < -0.4 is 16.2 Å². The second-order valence-electron chi connectivity index (χ2n) is 5.35. The van der Waals surface area contributed by atoms with E-state index < -0.39 is 0 Å². The Kier molecular flexibility index (Phi) is 4.40. The average molecular weight is 322 g/mol. The lowest BCUT2D eigenvalue weighted by Crippen LogP contribution is -2.33. The third-order valence-corrected chi connectivity index (χ3v) is 4.46. The number of nitrogen functional groups attached to an aromatic ring is 1. The summed E-state index contributed by atoms with van der Waals surface area (Å²) in [6.07, 6.45) is 3.62. The highest BCUT2D eigenvalue weighted by Gasteiger charge is 2.23. The summed E-state index contributed by atoms with van der Waals surface area (Å²) in [5.74, 6) is 5.99. The summed E-state index contributed by atoms with van der Waals surface area (Å²) in [5, 5.41) is 8.24. The maximum Gasteiger partial charge on any atom is 0.183 e. The molecule has 1 aromatic carbocycles. The topological polar surface area (TPSA) is 67.1 Å². The van der Waals surface area contributed by atoms with Gasteiger partial charge >= 0.3 is 0 Å². The van der Waals surface area contributed by atoms with Crippen LogP contribution in [0.15, 0.2) is 30.5 Å². The number of halogens is 2. The van der Waals surface area contributed by atoms with Crippen LogP contribution in [0.3, 0.4) is 0 Å². The van der Waals surface area contributed by atoms with E-state index in [0.717, 1.165) is 31.6 Å². The quantitative estimate of drug-likeness (QED) is 0.672. The molecule has 1 aliphatic rings. The monoisotopic (exact) mass is 321 g/mol. The first-order valence-corrected chi connectivity index (χ1v) is 7.55. The molecule has 22 heavy (non-hydrogen) atoms. The average Bonchev–Trinajstić information content (AvgIpc) is 2.56. The molecule has 7 heteroatoms. The van der Waals surface area contributed by atoms with Crippen LogP contribution >= 0.6 is 11.6 Å². The number of nitrogens with zero attached hydrogens (tertiary/aromatic N) is 3. The zero-order chi connectivity index (χ0) is 15.5. The van der Waals surface area contributed by atoms with E-state index in [1.807, 2.05) is 12.1 Å². The summed E-state index contributed by atoms with van der Waals surface area (Å²) < 4.78 is 13.0. The normalized spacial score (nSPS) is 15.9. The molecule has 2 aromatic rings. The number of hydrogen-bond acceptors (Lipinski definition) is 5. The highest BCUT2D eigenvalue weighted by Crippen LogP contribution is 2.35. The third-order valence-electron chi connectivity index (χ3n) is 4.08. The van der Waals surface area contributed by atoms with E-state index in [0.29, 0.717) is 16.8 Å². The molecule has 1 saturated heterocycles. The van der Waals surface area contributed by atoms with Crippen LogP contribution in [0.25, 0.3) is 0 Å². The number of anilines is 2. The summed E-state index contributed by atoms with van der Waals surface area (Å²) in [6.45, 7) is 1.72. The van der Waals surface area contributed by atoms with Crippen LogP contribution in [0.1, 0.15) is 24.3 Å². The fraction of sp³-hybridized carbons (Fsp3) is 0.333. The second-order valence-corrected chi connectivity index (χ2v) is 5.73. The summed E-state index contributed by atoms with van der Waals surface area (Å²) in [6, 6.07) is 6.77. The van der Waals surface area contributed by atoms with Gasteiger partial charge in [0.1, 0.15) is 10.8 Å². The van der Waals surface area contributed by atoms with Crippen molar-refractivity contribution in [2.45, 2.75) is 18.8 Å². The lowest BCUT2D eigenvalue weighted by molar-refractivity contribution is 0.504. The van der Waals surface area contributed by atoms with Crippen molar-refractivity contribution in [2.75, 3.05) is 23.4 Å². The van der Waals surface area contributed by atoms with Gasteiger partial charge in [-0.2, -0.15) is 5.10 Å². The Bertz CT molecular complexity index is 641. The van der Waals surface area contributed by atoms with Crippen molar-refractivity contribution >= 4 is 23.1 Å². The first kappa shape index (κ1) is 15.0. The molecule has 0 atom stereocenters. The van der Waals surface area contributed by atoms with Gasteiger partial charge in [-0.15, -0.1) is 5.10 Å². The summed E-state index contributed by atoms with van der Waals surface area (Å²) in [4.78, 5) is 2.18. The molecular formula is C15H17ClFN5. The van der Waals surface area contributed by atoms with E-state index in [2.05, 4.69) is 20.5 Å². The lowest BCUT2D eigenvalue weighted by Gasteiger charge is -2.34. The SMILES string of the molecule is NNc1nncc(N2CCC(c3ccc(F)cc3)CC2)c1Cl. The van der Waals surface area contributed by atoms with Crippen LogP contribution in [0.5, 0.6) is 0 Å². The molecule has 0 bridgehead atoms.